The molecule has 4 rings (SSSR count). The van der Waals surface area contributed by atoms with E-state index in [0.717, 1.165) is 71.9 Å². The van der Waals surface area contributed by atoms with Crippen LogP contribution in [0.15, 0.2) is 18.2 Å². The number of nitrogens with zero attached hydrogens (tertiary/aromatic N) is 3. The number of nitrogens with one attached hydrogen (secondary N) is 1. The first-order valence-corrected chi connectivity index (χ1v) is 10.5. The summed E-state index contributed by atoms with van der Waals surface area (Å²) in [5.41, 5.74) is 6.35. The van der Waals surface area contributed by atoms with Crippen molar-refractivity contribution in [2.75, 3.05) is 19.5 Å². The van der Waals surface area contributed by atoms with Crippen LogP contribution >= 0.6 is 0 Å². The molecule has 1 aliphatic carbocycles. The molecule has 0 spiro atoms. The maximum atomic E-state index is 5.68. The van der Waals surface area contributed by atoms with E-state index >= 15 is 0 Å². The Kier molecular flexibility index (Phi) is 5.35. The van der Waals surface area contributed by atoms with E-state index in [2.05, 4.69) is 19.2 Å². The van der Waals surface area contributed by atoms with Crippen LogP contribution in [0.5, 0.6) is 11.5 Å². The Morgan fingerprint density at radius 1 is 1.14 bits per heavy atom. The molecule has 0 fully saturated rings. The maximum absolute atomic E-state index is 5.68. The first kappa shape index (κ1) is 19.6. The van der Waals surface area contributed by atoms with Gasteiger partial charge in [-0.05, 0) is 51.2 Å². The summed E-state index contributed by atoms with van der Waals surface area (Å²) in [4.78, 5) is 5.06. The highest BCUT2D eigenvalue weighted by Crippen LogP contribution is 2.39. The van der Waals surface area contributed by atoms with Gasteiger partial charge in [-0.2, -0.15) is 9.61 Å². The minimum absolute atomic E-state index is 0.425. The smallest absolute Gasteiger partial charge is 0.165 e. The normalized spacial score (nSPS) is 13.2. The monoisotopic (exact) mass is 394 g/mol. The molecule has 2 heterocycles. The molecular formula is C23H30N4O2. The third-order valence-electron chi connectivity index (χ3n) is 5.97. The predicted octanol–water partition coefficient (Wildman–Crippen LogP) is 4.81. The van der Waals surface area contributed by atoms with Crippen molar-refractivity contribution in [1.82, 2.24) is 14.6 Å². The van der Waals surface area contributed by atoms with Crippen molar-refractivity contribution in [2.24, 2.45) is 0 Å². The molecule has 1 N–H and O–H groups in total. The van der Waals surface area contributed by atoms with E-state index in [1.165, 1.54) is 11.3 Å². The van der Waals surface area contributed by atoms with Crippen molar-refractivity contribution < 1.29 is 9.47 Å². The van der Waals surface area contributed by atoms with Crippen LogP contribution in [-0.2, 0) is 12.8 Å². The molecule has 0 radical (unpaired) electrons. The lowest BCUT2D eigenvalue weighted by Crippen LogP contribution is -2.21. The Labute approximate surface area is 172 Å². The highest BCUT2D eigenvalue weighted by atomic mass is 16.5. The van der Waals surface area contributed by atoms with Gasteiger partial charge in [0, 0.05) is 28.9 Å². The van der Waals surface area contributed by atoms with Gasteiger partial charge >= 0.3 is 0 Å². The molecule has 0 saturated heterocycles. The van der Waals surface area contributed by atoms with Crippen LogP contribution in [0.25, 0.3) is 16.8 Å². The van der Waals surface area contributed by atoms with Crippen molar-refractivity contribution in [1.29, 1.82) is 0 Å². The molecule has 154 valence electrons. The molecule has 2 aromatic heterocycles. The minimum Gasteiger partial charge on any atom is -0.497 e. The number of hydrogen-bond donors (Lipinski definition) is 1. The van der Waals surface area contributed by atoms with Gasteiger partial charge in [-0.15, -0.1) is 0 Å². The van der Waals surface area contributed by atoms with Crippen molar-refractivity contribution in [2.45, 2.75) is 58.9 Å². The van der Waals surface area contributed by atoms with Crippen molar-refractivity contribution in [3.8, 4) is 22.6 Å². The van der Waals surface area contributed by atoms with Gasteiger partial charge in [0.05, 0.1) is 25.5 Å². The Morgan fingerprint density at radius 2 is 1.93 bits per heavy atom. The Hall–Kier alpha value is -2.76. The van der Waals surface area contributed by atoms with Gasteiger partial charge in [0.1, 0.15) is 17.3 Å². The van der Waals surface area contributed by atoms with Gasteiger partial charge < -0.3 is 14.8 Å². The van der Waals surface area contributed by atoms with E-state index in [4.69, 9.17) is 19.6 Å². The zero-order valence-corrected chi connectivity index (χ0v) is 18.0. The fourth-order valence-corrected chi connectivity index (χ4v) is 4.29. The summed E-state index contributed by atoms with van der Waals surface area (Å²) >= 11 is 0. The summed E-state index contributed by atoms with van der Waals surface area (Å²) in [6.45, 7) is 6.49. The average Bonchev–Trinajstić information content (AvgIpc) is 3.34. The molecule has 1 aliphatic rings. The summed E-state index contributed by atoms with van der Waals surface area (Å²) in [6, 6.07) is 6.32. The topological polar surface area (TPSA) is 60.7 Å². The summed E-state index contributed by atoms with van der Waals surface area (Å²) in [5, 5.41) is 8.68. The Morgan fingerprint density at radius 3 is 2.62 bits per heavy atom. The van der Waals surface area contributed by atoms with Crippen LogP contribution in [0.1, 0.15) is 50.1 Å². The zero-order chi connectivity index (χ0) is 20.5. The first-order chi connectivity index (χ1) is 14.1. The largest absolute Gasteiger partial charge is 0.497 e. The Balaban J connectivity index is 1.95. The van der Waals surface area contributed by atoms with Crippen LogP contribution in [0, 0.1) is 6.92 Å². The number of anilines is 1. The quantitative estimate of drug-likeness (QED) is 0.623. The highest BCUT2D eigenvalue weighted by Gasteiger charge is 2.26. The van der Waals surface area contributed by atoms with Crippen molar-refractivity contribution in [3.63, 3.8) is 0 Å². The number of aromatic nitrogens is 3. The van der Waals surface area contributed by atoms with Crippen LogP contribution in [0.4, 0.5) is 5.82 Å². The second kappa shape index (κ2) is 7.93. The van der Waals surface area contributed by atoms with Crippen LogP contribution in [0.3, 0.4) is 0 Å². The number of ether oxygens (including phenoxy) is 2. The van der Waals surface area contributed by atoms with Crippen LogP contribution in [-0.4, -0.2) is 34.9 Å². The fraction of sp³-hybridized carbons (Fsp3) is 0.478. The number of benzene rings is 1. The highest BCUT2D eigenvalue weighted by molar-refractivity contribution is 5.85. The molecule has 0 bridgehead atoms. The standard InChI is InChI=1S/C23H30N4O2/c1-6-15(7-2)24-22-17-9-8-10-19(17)25-23-21(14(3)26-27(22)23)18-12-11-16(28-4)13-20(18)29-5/h11-13,15,24H,6-10H2,1-5H3. The molecule has 0 atom stereocenters. The maximum Gasteiger partial charge on any atom is 0.165 e. The van der Waals surface area contributed by atoms with Crippen LogP contribution in [0.2, 0.25) is 0 Å². The third-order valence-corrected chi connectivity index (χ3v) is 5.97. The number of hydrogen-bond acceptors (Lipinski definition) is 5. The van der Waals surface area contributed by atoms with Crippen LogP contribution < -0.4 is 14.8 Å². The molecule has 29 heavy (non-hydrogen) atoms. The van der Waals surface area contributed by atoms with E-state index in [-0.39, 0.29) is 0 Å². The summed E-state index contributed by atoms with van der Waals surface area (Å²) in [6.07, 6.45) is 5.38. The second-order valence-corrected chi connectivity index (χ2v) is 7.66. The predicted molar refractivity (Wildman–Crippen MR) is 116 cm³/mol. The minimum atomic E-state index is 0.425. The summed E-state index contributed by atoms with van der Waals surface area (Å²) in [7, 11) is 3.35. The van der Waals surface area contributed by atoms with Gasteiger partial charge in [-0.25, -0.2) is 4.98 Å². The van der Waals surface area contributed by atoms with Gasteiger partial charge in [0.15, 0.2) is 5.65 Å². The Bertz CT molecular complexity index is 1040. The van der Waals surface area contributed by atoms with E-state index in [1.807, 2.05) is 29.6 Å². The lowest BCUT2D eigenvalue weighted by atomic mass is 10.0. The third kappa shape index (κ3) is 3.30. The molecule has 0 saturated carbocycles. The van der Waals surface area contributed by atoms with Gasteiger partial charge in [0.2, 0.25) is 0 Å². The molecule has 0 aliphatic heterocycles. The number of fused-ring (bicyclic) bond motifs is 2. The van der Waals surface area contributed by atoms with E-state index < -0.39 is 0 Å². The molecule has 1 aromatic carbocycles. The number of aryl methyl sites for hydroxylation is 2. The summed E-state index contributed by atoms with van der Waals surface area (Å²) < 4.78 is 13.1. The zero-order valence-electron chi connectivity index (χ0n) is 18.0. The van der Waals surface area contributed by atoms with E-state index in [1.54, 1.807) is 14.2 Å². The second-order valence-electron chi connectivity index (χ2n) is 7.66. The molecular weight excluding hydrogens is 364 g/mol. The molecule has 6 heteroatoms. The number of methoxy groups -OCH3 is 2. The fourth-order valence-electron chi connectivity index (χ4n) is 4.29. The van der Waals surface area contributed by atoms with Gasteiger partial charge in [-0.3, -0.25) is 0 Å². The molecule has 0 amide bonds. The van der Waals surface area contributed by atoms with Crippen molar-refractivity contribution >= 4 is 11.5 Å². The van der Waals surface area contributed by atoms with Gasteiger partial charge in [0.25, 0.3) is 0 Å². The first-order valence-electron chi connectivity index (χ1n) is 10.5. The lowest BCUT2D eigenvalue weighted by Gasteiger charge is -2.20. The number of rotatable bonds is 7. The molecule has 3 aromatic rings. The van der Waals surface area contributed by atoms with Gasteiger partial charge in [-0.1, -0.05) is 13.8 Å². The summed E-state index contributed by atoms with van der Waals surface area (Å²) in [5.74, 6) is 2.64. The SMILES string of the molecule is CCC(CC)Nc1c2c(nc3c(-c4ccc(OC)cc4OC)c(C)nn13)CCC2. The van der Waals surface area contributed by atoms with E-state index in [9.17, 15) is 0 Å². The van der Waals surface area contributed by atoms with Crippen molar-refractivity contribution in [3.05, 3.63) is 35.2 Å². The average molecular weight is 395 g/mol. The molecule has 6 nitrogen and oxygen atoms in total. The lowest BCUT2D eigenvalue weighted by molar-refractivity contribution is 0.395. The molecule has 0 unspecified atom stereocenters. The van der Waals surface area contributed by atoms with E-state index in [0.29, 0.717) is 6.04 Å².